The van der Waals surface area contributed by atoms with Gasteiger partial charge in [-0.15, -0.1) is 0 Å². The largest absolute Gasteiger partial charge is 0.322 e. The van der Waals surface area contributed by atoms with Crippen LogP contribution in [0.5, 0.6) is 0 Å². The second-order valence-corrected chi connectivity index (χ2v) is 6.07. The van der Waals surface area contributed by atoms with Crippen molar-refractivity contribution in [2.24, 2.45) is 0 Å². The van der Waals surface area contributed by atoms with Crippen molar-refractivity contribution in [1.82, 2.24) is 14.7 Å². The Morgan fingerprint density at radius 1 is 1.04 bits per heavy atom. The summed E-state index contributed by atoms with van der Waals surface area (Å²) in [5.74, 6) is -0.782. The van der Waals surface area contributed by atoms with Gasteiger partial charge in [-0.05, 0) is 29.8 Å². The maximum atomic E-state index is 13.7. The third-order valence-electron chi connectivity index (χ3n) is 4.43. The lowest BCUT2D eigenvalue weighted by Crippen LogP contribution is -2.41. The van der Waals surface area contributed by atoms with Gasteiger partial charge in [0.1, 0.15) is 11.6 Å². The molecule has 0 bridgehead atoms. The summed E-state index contributed by atoms with van der Waals surface area (Å²) >= 11 is 0. The van der Waals surface area contributed by atoms with Gasteiger partial charge in [-0.2, -0.15) is 5.10 Å². The van der Waals surface area contributed by atoms with E-state index >= 15 is 0 Å². The fourth-order valence-electron chi connectivity index (χ4n) is 3.05. The van der Waals surface area contributed by atoms with Gasteiger partial charge in [0, 0.05) is 12.1 Å². The first-order valence-electron chi connectivity index (χ1n) is 8.23. The number of para-hydroxylation sites is 1. The molecule has 1 aliphatic rings. The molecule has 3 aromatic rings. The average Bonchev–Trinajstić information content (AvgIpc) is 3.07. The quantitative estimate of drug-likeness (QED) is 0.759. The van der Waals surface area contributed by atoms with E-state index in [1.54, 1.807) is 35.4 Å². The molecule has 0 aliphatic carbocycles. The Bertz CT molecular complexity index is 952. The number of halogens is 2. The number of carbonyl (C=O) groups excluding carboxylic acids is 1. The monoisotopic (exact) mass is 354 g/mol. The standard InChI is InChI=1S/C19H16F2N4O/c20-14-7-5-13(6-8-14)15-11-22-25-10-9-24(12-18(15)25)19(26)23-17-4-2-1-3-16(17)21/h1-8,11H,9-10,12H2,(H,23,26). The van der Waals surface area contributed by atoms with Crippen molar-refractivity contribution in [3.8, 4) is 11.1 Å². The van der Waals surface area contributed by atoms with Gasteiger partial charge in [0.2, 0.25) is 0 Å². The summed E-state index contributed by atoms with van der Waals surface area (Å²) in [4.78, 5) is 14.1. The summed E-state index contributed by atoms with van der Waals surface area (Å²) in [6.45, 7) is 1.35. The van der Waals surface area contributed by atoms with E-state index in [0.717, 1.165) is 16.8 Å². The number of amides is 2. The van der Waals surface area contributed by atoms with Gasteiger partial charge in [-0.1, -0.05) is 24.3 Å². The number of hydrogen-bond acceptors (Lipinski definition) is 2. The molecule has 7 heteroatoms. The van der Waals surface area contributed by atoms with Crippen LogP contribution in [0.2, 0.25) is 0 Å². The number of carbonyl (C=O) groups is 1. The Morgan fingerprint density at radius 2 is 1.81 bits per heavy atom. The molecule has 0 spiro atoms. The summed E-state index contributed by atoms with van der Waals surface area (Å²) in [7, 11) is 0. The Balaban J connectivity index is 1.56. The van der Waals surface area contributed by atoms with E-state index in [9.17, 15) is 13.6 Å². The number of hydrogen-bond donors (Lipinski definition) is 1. The Labute approximate surface area is 148 Å². The Hall–Kier alpha value is -3.22. The molecule has 0 saturated heterocycles. The van der Waals surface area contributed by atoms with Gasteiger partial charge < -0.3 is 10.2 Å². The highest BCUT2D eigenvalue weighted by atomic mass is 19.1. The normalized spacial score (nSPS) is 13.4. The van der Waals surface area contributed by atoms with E-state index in [4.69, 9.17) is 0 Å². The van der Waals surface area contributed by atoms with Crippen LogP contribution in [-0.4, -0.2) is 27.3 Å². The molecule has 2 aromatic carbocycles. The van der Waals surface area contributed by atoms with Crippen LogP contribution in [0.25, 0.3) is 11.1 Å². The molecule has 0 atom stereocenters. The highest BCUT2D eigenvalue weighted by molar-refractivity contribution is 5.89. The lowest BCUT2D eigenvalue weighted by atomic mass is 10.1. The number of anilines is 1. The van der Waals surface area contributed by atoms with Gasteiger partial charge in [0.25, 0.3) is 0 Å². The first-order valence-corrected chi connectivity index (χ1v) is 8.23. The highest BCUT2D eigenvalue weighted by Gasteiger charge is 2.25. The number of fused-ring (bicyclic) bond motifs is 1. The smallest absolute Gasteiger partial charge is 0.317 e. The molecule has 1 aliphatic heterocycles. The average molecular weight is 354 g/mol. The maximum Gasteiger partial charge on any atom is 0.322 e. The molecule has 132 valence electrons. The van der Waals surface area contributed by atoms with Crippen molar-refractivity contribution in [1.29, 1.82) is 0 Å². The Kier molecular flexibility index (Phi) is 4.12. The van der Waals surface area contributed by atoms with Gasteiger partial charge in [0.15, 0.2) is 0 Å². The summed E-state index contributed by atoms with van der Waals surface area (Å²) in [6, 6.07) is 11.8. The molecule has 0 radical (unpaired) electrons. The predicted molar refractivity (Wildman–Crippen MR) is 93.4 cm³/mol. The number of benzene rings is 2. The zero-order valence-electron chi connectivity index (χ0n) is 13.8. The van der Waals surface area contributed by atoms with E-state index in [2.05, 4.69) is 10.4 Å². The molecule has 0 fully saturated rings. The first kappa shape index (κ1) is 16.3. The van der Waals surface area contributed by atoms with Crippen molar-refractivity contribution < 1.29 is 13.6 Å². The molecule has 5 nitrogen and oxygen atoms in total. The highest BCUT2D eigenvalue weighted by Crippen LogP contribution is 2.27. The van der Waals surface area contributed by atoms with Crippen LogP contribution in [0.1, 0.15) is 5.69 Å². The molecular formula is C19H16F2N4O. The number of nitrogens with zero attached hydrogens (tertiary/aromatic N) is 3. The molecule has 0 unspecified atom stereocenters. The number of rotatable bonds is 2. The SMILES string of the molecule is O=C(Nc1ccccc1F)N1CCn2ncc(-c3ccc(F)cc3)c2C1. The van der Waals surface area contributed by atoms with Crippen LogP contribution >= 0.6 is 0 Å². The number of urea groups is 1. The molecule has 1 aromatic heterocycles. The van der Waals surface area contributed by atoms with Crippen LogP contribution in [0.15, 0.2) is 54.7 Å². The third-order valence-corrected chi connectivity index (χ3v) is 4.43. The zero-order valence-corrected chi connectivity index (χ0v) is 13.8. The second-order valence-electron chi connectivity index (χ2n) is 6.07. The lowest BCUT2D eigenvalue weighted by Gasteiger charge is -2.28. The predicted octanol–water partition coefficient (Wildman–Crippen LogP) is 3.88. The van der Waals surface area contributed by atoms with Crippen molar-refractivity contribution in [2.45, 2.75) is 13.1 Å². The van der Waals surface area contributed by atoms with Crippen molar-refractivity contribution in [3.63, 3.8) is 0 Å². The third kappa shape index (κ3) is 3.03. The maximum absolute atomic E-state index is 13.7. The van der Waals surface area contributed by atoms with E-state index in [-0.39, 0.29) is 17.5 Å². The molecule has 0 saturated carbocycles. The summed E-state index contributed by atoms with van der Waals surface area (Å²) in [6.07, 6.45) is 1.72. The lowest BCUT2D eigenvalue weighted by molar-refractivity contribution is 0.194. The summed E-state index contributed by atoms with van der Waals surface area (Å²) in [5, 5.41) is 6.95. The number of aromatic nitrogens is 2. The second kappa shape index (κ2) is 6.59. The number of nitrogens with one attached hydrogen (secondary N) is 1. The van der Waals surface area contributed by atoms with E-state index in [1.165, 1.54) is 24.3 Å². The molecule has 4 rings (SSSR count). The van der Waals surface area contributed by atoms with Crippen molar-refractivity contribution >= 4 is 11.7 Å². The minimum atomic E-state index is -0.477. The van der Waals surface area contributed by atoms with Crippen LogP contribution in [0.4, 0.5) is 19.3 Å². The molecule has 1 N–H and O–H groups in total. The van der Waals surface area contributed by atoms with E-state index in [0.29, 0.717) is 19.6 Å². The fraction of sp³-hybridized carbons (Fsp3) is 0.158. The van der Waals surface area contributed by atoms with Gasteiger partial charge >= 0.3 is 6.03 Å². The molecule has 2 heterocycles. The molecular weight excluding hydrogens is 338 g/mol. The van der Waals surface area contributed by atoms with E-state index < -0.39 is 5.82 Å². The van der Waals surface area contributed by atoms with Crippen LogP contribution in [0, 0.1) is 11.6 Å². The summed E-state index contributed by atoms with van der Waals surface area (Å²) in [5.41, 5.74) is 2.71. The van der Waals surface area contributed by atoms with E-state index in [1.807, 2.05) is 4.68 Å². The fourth-order valence-corrected chi connectivity index (χ4v) is 3.05. The molecule has 26 heavy (non-hydrogen) atoms. The van der Waals surface area contributed by atoms with Crippen molar-refractivity contribution in [3.05, 3.63) is 72.1 Å². The molecule has 2 amide bonds. The van der Waals surface area contributed by atoms with Gasteiger partial charge in [-0.25, -0.2) is 13.6 Å². The van der Waals surface area contributed by atoms with Gasteiger partial charge in [0.05, 0.1) is 30.7 Å². The summed E-state index contributed by atoms with van der Waals surface area (Å²) < 4.78 is 28.7. The van der Waals surface area contributed by atoms with Gasteiger partial charge in [-0.3, -0.25) is 4.68 Å². The van der Waals surface area contributed by atoms with Crippen LogP contribution in [0.3, 0.4) is 0 Å². The Morgan fingerprint density at radius 3 is 2.58 bits per heavy atom. The van der Waals surface area contributed by atoms with Crippen LogP contribution in [-0.2, 0) is 13.1 Å². The first-order chi connectivity index (χ1) is 12.6. The minimum Gasteiger partial charge on any atom is -0.317 e. The zero-order chi connectivity index (χ0) is 18.1. The minimum absolute atomic E-state index is 0.148. The topological polar surface area (TPSA) is 50.2 Å². The van der Waals surface area contributed by atoms with Crippen molar-refractivity contribution in [2.75, 3.05) is 11.9 Å². The van der Waals surface area contributed by atoms with Crippen LogP contribution < -0.4 is 5.32 Å².